The maximum atomic E-state index is 14.6. The van der Waals surface area contributed by atoms with E-state index >= 15 is 0 Å². The van der Waals surface area contributed by atoms with Crippen LogP contribution >= 0.6 is 0 Å². The number of halogens is 4. The second-order valence-corrected chi connectivity index (χ2v) is 11.1. The summed E-state index contributed by atoms with van der Waals surface area (Å²) in [5.74, 6) is 3.31. The molecule has 204 valence electrons. The van der Waals surface area contributed by atoms with Crippen LogP contribution in [0.15, 0.2) is 48.5 Å². The minimum atomic E-state index is -3.53. The molecule has 0 aliphatic heterocycles. The Balaban J connectivity index is 1.20. The molecule has 2 aliphatic rings. The Morgan fingerprint density at radius 1 is 0.730 bits per heavy atom. The van der Waals surface area contributed by atoms with E-state index in [2.05, 4.69) is 11.7 Å². The number of rotatable bonds is 11. The molecule has 0 N–H and O–H groups in total. The van der Waals surface area contributed by atoms with Gasteiger partial charge >= 0.3 is 12.7 Å². The molecule has 0 radical (unpaired) electrons. The van der Waals surface area contributed by atoms with Crippen LogP contribution in [0.4, 0.5) is 17.6 Å². The monoisotopic (exact) mass is 520 g/mol. The summed E-state index contributed by atoms with van der Waals surface area (Å²) in [6.45, 7) is -0.672. The predicted octanol–water partition coefficient (Wildman–Crippen LogP) is 9.76. The van der Waals surface area contributed by atoms with Gasteiger partial charge in [0, 0.05) is 0 Å². The van der Waals surface area contributed by atoms with Gasteiger partial charge in [-0.15, -0.1) is 0 Å². The molecule has 2 fully saturated rings. The van der Waals surface area contributed by atoms with E-state index < -0.39 is 12.7 Å². The largest absolute Gasteiger partial charge is 0.435 e. The van der Waals surface area contributed by atoms with Crippen molar-refractivity contribution in [1.29, 1.82) is 0 Å². The Kier molecular flexibility index (Phi) is 9.77. The molecule has 2 aliphatic carbocycles. The maximum absolute atomic E-state index is 14.6. The van der Waals surface area contributed by atoms with Gasteiger partial charge in [0.05, 0.1) is 5.56 Å². The van der Waals surface area contributed by atoms with Crippen molar-refractivity contribution in [2.24, 2.45) is 23.7 Å². The lowest BCUT2D eigenvalue weighted by Crippen LogP contribution is -2.26. The van der Waals surface area contributed by atoms with Crippen molar-refractivity contribution in [3.63, 3.8) is 0 Å². The van der Waals surface area contributed by atoms with Crippen LogP contribution in [0, 0.1) is 23.7 Å². The number of hydrogen-bond acceptors (Lipinski definition) is 2. The summed E-state index contributed by atoms with van der Waals surface area (Å²) in [6, 6.07) is 11.1. The Hall–Kier alpha value is -2.24. The first kappa shape index (κ1) is 27.8. The smallest absolute Gasteiger partial charge is 0.426 e. The summed E-state index contributed by atoms with van der Waals surface area (Å²) in [6.07, 6.45) is 12.2. The fraction of sp³-hybridized carbons (Fsp3) is 0.613. The van der Waals surface area contributed by atoms with Crippen LogP contribution in [0.25, 0.3) is 0 Å². The minimum Gasteiger partial charge on any atom is -0.435 e. The van der Waals surface area contributed by atoms with Gasteiger partial charge in [0.15, 0.2) is 0 Å². The number of hydrogen-bond donors (Lipinski definition) is 0. The molecule has 2 nitrogen and oxygen atoms in total. The van der Waals surface area contributed by atoms with Crippen molar-refractivity contribution >= 4 is 0 Å². The fourth-order valence-electron chi connectivity index (χ4n) is 6.44. The van der Waals surface area contributed by atoms with E-state index in [1.54, 1.807) is 12.1 Å². The molecule has 37 heavy (non-hydrogen) atoms. The van der Waals surface area contributed by atoms with E-state index in [0.29, 0.717) is 0 Å². The van der Waals surface area contributed by atoms with E-state index in [-0.39, 0.29) is 17.1 Å². The number of ether oxygens (including phenoxy) is 2. The van der Waals surface area contributed by atoms with Gasteiger partial charge in [0.1, 0.15) is 11.5 Å². The molecule has 0 spiro atoms. The lowest BCUT2D eigenvalue weighted by atomic mass is 9.68. The van der Waals surface area contributed by atoms with Crippen molar-refractivity contribution in [2.45, 2.75) is 96.7 Å². The Morgan fingerprint density at radius 2 is 1.24 bits per heavy atom. The highest BCUT2D eigenvalue weighted by Gasteiger charge is 2.35. The Labute approximate surface area is 218 Å². The number of aryl methyl sites for hydroxylation is 1. The molecule has 2 aromatic carbocycles. The molecular weight excluding hydrogens is 480 g/mol. The van der Waals surface area contributed by atoms with Gasteiger partial charge in [-0.3, -0.25) is 0 Å². The van der Waals surface area contributed by atoms with Gasteiger partial charge in [-0.2, -0.15) is 17.6 Å². The van der Waals surface area contributed by atoms with Gasteiger partial charge < -0.3 is 9.47 Å². The van der Waals surface area contributed by atoms with Crippen LogP contribution in [-0.2, 0) is 12.5 Å². The molecule has 0 saturated heterocycles. The van der Waals surface area contributed by atoms with E-state index in [4.69, 9.17) is 4.74 Å². The maximum Gasteiger partial charge on any atom is 0.426 e. The van der Waals surface area contributed by atoms with Gasteiger partial charge in [0.25, 0.3) is 0 Å². The van der Waals surface area contributed by atoms with Crippen molar-refractivity contribution < 1.29 is 27.0 Å². The lowest BCUT2D eigenvalue weighted by Gasteiger charge is -2.38. The van der Waals surface area contributed by atoms with E-state index in [9.17, 15) is 17.6 Å². The van der Waals surface area contributed by atoms with Crippen LogP contribution < -0.4 is 9.47 Å². The molecule has 2 saturated carbocycles. The SMILES string of the molecule is CCCC1CCC(C2CCC(CCc3ccc(C(F)(F)Oc4ccc(OC(F)F)cc4)cc3)CC2)CC1. The molecule has 0 amide bonds. The van der Waals surface area contributed by atoms with Gasteiger partial charge in [0.2, 0.25) is 0 Å². The number of benzene rings is 2. The van der Waals surface area contributed by atoms with Crippen molar-refractivity contribution in [2.75, 3.05) is 0 Å². The molecule has 0 atom stereocenters. The van der Waals surface area contributed by atoms with Crippen LogP contribution in [0.2, 0.25) is 0 Å². The zero-order valence-electron chi connectivity index (χ0n) is 21.8. The summed E-state index contributed by atoms with van der Waals surface area (Å²) in [5.41, 5.74) is 0.822. The molecule has 0 heterocycles. The standard InChI is InChI=1S/C31H40F4O2/c1-2-3-22-6-12-25(13-7-22)26-14-8-23(9-15-26)4-5-24-10-16-27(17-11-24)31(34,35)37-29-20-18-28(19-21-29)36-30(32)33/h10-11,16-23,25-26,30H,2-9,12-15H2,1H3. The second kappa shape index (κ2) is 13.0. The zero-order valence-corrected chi connectivity index (χ0v) is 21.8. The van der Waals surface area contributed by atoms with Gasteiger partial charge in [-0.1, -0.05) is 57.6 Å². The first-order chi connectivity index (χ1) is 17.8. The van der Waals surface area contributed by atoms with Crippen molar-refractivity contribution in [3.05, 3.63) is 59.7 Å². The first-order valence-corrected chi connectivity index (χ1v) is 14.0. The Morgan fingerprint density at radius 3 is 1.76 bits per heavy atom. The summed E-state index contributed by atoms with van der Waals surface area (Å²) >= 11 is 0. The lowest BCUT2D eigenvalue weighted by molar-refractivity contribution is -0.185. The van der Waals surface area contributed by atoms with Crippen molar-refractivity contribution in [1.82, 2.24) is 0 Å². The average molecular weight is 521 g/mol. The molecule has 2 aromatic rings. The highest BCUT2D eigenvalue weighted by atomic mass is 19.3. The van der Waals surface area contributed by atoms with Crippen LogP contribution in [0.5, 0.6) is 11.5 Å². The molecule has 0 unspecified atom stereocenters. The van der Waals surface area contributed by atoms with Crippen LogP contribution in [-0.4, -0.2) is 6.61 Å². The minimum absolute atomic E-state index is 0.113. The predicted molar refractivity (Wildman–Crippen MR) is 138 cm³/mol. The highest BCUT2D eigenvalue weighted by Crippen LogP contribution is 2.43. The van der Waals surface area contributed by atoms with E-state index in [1.807, 2.05) is 0 Å². The second-order valence-electron chi connectivity index (χ2n) is 11.1. The van der Waals surface area contributed by atoms with E-state index in [1.165, 1.54) is 101 Å². The Bertz CT molecular complexity index is 929. The molecule has 0 aromatic heterocycles. The highest BCUT2D eigenvalue weighted by molar-refractivity contribution is 5.32. The number of alkyl halides is 4. The topological polar surface area (TPSA) is 18.5 Å². The van der Waals surface area contributed by atoms with Crippen LogP contribution in [0.1, 0.15) is 88.7 Å². The van der Waals surface area contributed by atoms with E-state index in [0.717, 1.165) is 42.1 Å². The third-order valence-corrected chi connectivity index (χ3v) is 8.57. The summed E-state index contributed by atoms with van der Waals surface area (Å²) in [7, 11) is 0. The third-order valence-electron chi connectivity index (χ3n) is 8.57. The molecule has 0 bridgehead atoms. The molecule has 4 rings (SSSR count). The normalized spacial score (nSPS) is 24.7. The quantitative estimate of drug-likeness (QED) is 0.275. The fourth-order valence-corrected chi connectivity index (χ4v) is 6.44. The van der Waals surface area contributed by atoms with Gasteiger partial charge in [-0.25, -0.2) is 0 Å². The third kappa shape index (κ3) is 8.12. The molecular formula is C31H40F4O2. The zero-order chi connectivity index (χ0) is 26.3. The van der Waals surface area contributed by atoms with Crippen LogP contribution in [0.3, 0.4) is 0 Å². The molecule has 6 heteroatoms. The van der Waals surface area contributed by atoms with Gasteiger partial charge in [-0.05, 0) is 104 Å². The summed E-state index contributed by atoms with van der Waals surface area (Å²) < 4.78 is 62.8. The van der Waals surface area contributed by atoms with Crippen molar-refractivity contribution in [3.8, 4) is 11.5 Å². The first-order valence-electron chi connectivity index (χ1n) is 14.0. The average Bonchev–Trinajstić information content (AvgIpc) is 2.89. The summed E-state index contributed by atoms with van der Waals surface area (Å²) in [5, 5.41) is 0. The summed E-state index contributed by atoms with van der Waals surface area (Å²) in [4.78, 5) is 0.